The van der Waals surface area contributed by atoms with E-state index in [1.165, 1.54) is 0 Å². The molecule has 60 valence electrons. The molecule has 0 rings (SSSR count). The number of aliphatic hydroxyl groups is 1. The Morgan fingerprint density at radius 3 is 2.30 bits per heavy atom. The van der Waals surface area contributed by atoms with E-state index < -0.39 is 0 Å². The molecular weight excluding hydrogens is 126 g/mol. The van der Waals surface area contributed by atoms with Gasteiger partial charge in [0.2, 0.25) is 0 Å². The van der Waals surface area contributed by atoms with Crippen molar-refractivity contribution in [2.45, 2.75) is 39.7 Å². The van der Waals surface area contributed by atoms with E-state index in [2.05, 4.69) is 11.9 Å². The molecule has 0 aliphatic rings. The molecule has 0 fully saturated rings. The van der Waals surface area contributed by atoms with Crippen molar-refractivity contribution >= 4 is 5.71 Å². The number of aliphatic hydroxyl groups excluding tert-OH is 1. The molecule has 2 nitrogen and oxygen atoms in total. The van der Waals surface area contributed by atoms with E-state index in [9.17, 15) is 0 Å². The molecule has 0 atom stereocenters. The molecule has 0 spiro atoms. The number of hydrogen-bond donors (Lipinski definition) is 1. The molecule has 0 heterocycles. The first-order valence-electron chi connectivity index (χ1n) is 3.68. The molecule has 0 radical (unpaired) electrons. The van der Waals surface area contributed by atoms with E-state index in [0.717, 1.165) is 12.1 Å². The van der Waals surface area contributed by atoms with Crippen molar-refractivity contribution in [3.63, 3.8) is 0 Å². The fourth-order valence-electron chi connectivity index (χ4n) is 0.631. The largest absolute Gasteiger partial charge is 0.394 e. The Kier molecular flexibility index (Phi) is 3.58. The Bertz CT molecular complexity index is 127. The van der Waals surface area contributed by atoms with Crippen LogP contribution >= 0.6 is 0 Å². The van der Waals surface area contributed by atoms with Gasteiger partial charge in [0.1, 0.15) is 0 Å². The number of rotatable bonds is 3. The molecule has 0 aromatic rings. The molecule has 0 saturated carbocycles. The predicted octanol–water partition coefficient (Wildman–Crippen LogP) is 1.63. The van der Waals surface area contributed by atoms with Crippen molar-refractivity contribution in [2.75, 3.05) is 6.61 Å². The molecule has 0 aromatic heterocycles. The van der Waals surface area contributed by atoms with Crippen LogP contribution in [0.2, 0.25) is 0 Å². The van der Waals surface area contributed by atoms with Gasteiger partial charge in [0.15, 0.2) is 0 Å². The van der Waals surface area contributed by atoms with Gasteiger partial charge in [-0.1, -0.05) is 6.92 Å². The van der Waals surface area contributed by atoms with Gasteiger partial charge in [-0.05, 0) is 27.2 Å². The second kappa shape index (κ2) is 3.71. The first-order chi connectivity index (χ1) is 4.52. The molecule has 0 aliphatic carbocycles. The van der Waals surface area contributed by atoms with Crippen LogP contribution in [0.5, 0.6) is 0 Å². The van der Waals surface area contributed by atoms with Gasteiger partial charge in [0, 0.05) is 5.71 Å². The zero-order valence-electron chi connectivity index (χ0n) is 7.31. The highest BCUT2D eigenvalue weighted by Gasteiger charge is 2.13. The molecule has 0 bridgehead atoms. The van der Waals surface area contributed by atoms with Gasteiger partial charge in [0.25, 0.3) is 0 Å². The van der Waals surface area contributed by atoms with Crippen LogP contribution in [0, 0.1) is 0 Å². The lowest BCUT2D eigenvalue weighted by molar-refractivity contribution is 0.222. The first-order valence-corrected chi connectivity index (χ1v) is 3.68. The summed E-state index contributed by atoms with van der Waals surface area (Å²) in [6, 6.07) is 0. The van der Waals surface area contributed by atoms with Gasteiger partial charge in [-0.2, -0.15) is 0 Å². The highest BCUT2D eigenvalue weighted by atomic mass is 16.3. The van der Waals surface area contributed by atoms with Crippen LogP contribution in [-0.4, -0.2) is 23.0 Å². The fourth-order valence-corrected chi connectivity index (χ4v) is 0.631. The lowest BCUT2D eigenvalue weighted by Crippen LogP contribution is -2.23. The van der Waals surface area contributed by atoms with Crippen LogP contribution in [0.4, 0.5) is 0 Å². The van der Waals surface area contributed by atoms with Gasteiger partial charge in [-0.15, -0.1) is 0 Å². The van der Waals surface area contributed by atoms with Crippen LogP contribution in [-0.2, 0) is 0 Å². The van der Waals surface area contributed by atoms with E-state index in [1.807, 2.05) is 20.8 Å². The van der Waals surface area contributed by atoms with Crippen LogP contribution in [0.3, 0.4) is 0 Å². The first kappa shape index (κ1) is 9.63. The van der Waals surface area contributed by atoms with E-state index >= 15 is 0 Å². The Labute approximate surface area is 63.0 Å². The van der Waals surface area contributed by atoms with E-state index in [0.29, 0.717) is 0 Å². The summed E-state index contributed by atoms with van der Waals surface area (Å²) in [7, 11) is 0. The van der Waals surface area contributed by atoms with E-state index in [-0.39, 0.29) is 12.1 Å². The Balaban J connectivity index is 4.09. The van der Waals surface area contributed by atoms with Gasteiger partial charge in [-0.3, -0.25) is 4.99 Å². The van der Waals surface area contributed by atoms with Crippen LogP contribution in [0.15, 0.2) is 4.99 Å². The molecule has 10 heavy (non-hydrogen) atoms. The monoisotopic (exact) mass is 143 g/mol. The molecule has 2 heteroatoms. The molecule has 0 aliphatic heterocycles. The second-order valence-corrected chi connectivity index (χ2v) is 3.17. The van der Waals surface area contributed by atoms with Crippen LogP contribution < -0.4 is 0 Å². The molecule has 0 unspecified atom stereocenters. The smallest absolute Gasteiger partial charge is 0.0781 e. The number of aliphatic imine (C=N–C) groups is 1. The standard InChI is InChI=1S/C8H17NO/c1-5-7(2)9-8(3,4)6-10/h10H,5-6H2,1-4H3. The summed E-state index contributed by atoms with van der Waals surface area (Å²) in [5, 5.41) is 8.83. The highest BCUT2D eigenvalue weighted by Crippen LogP contribution is 2.07. The zero-order chi connectivity index (χ0) is 8.20. The molecular formula is C8H17NO. The third-order valence-corrected chi connectivity index (χ3v) is 1.39. The van der Waals surface area contributed by atoms with Crippen LogP contribution in [0.1, 0.15) is 34.1 Å². The van der Waals surface area contributed by atoms with E-state index in [4.69, 9.17) is 5.11 Å². The zero-order valence-corrected chi connectivity index (χ0v) is 7.31. The minimum atomic E-state index is -0.292. The Hall–Kier alpha value is -0.370. The normalized spacial score (nSPS) is 13.9. The summed E-state index contributed by atoms with van der Waals surface area (Å²) >= 11 is 0. The Morgan fingerprint density at radius 2 is 2.00 bits per heavy atom. The minimum Gasteiger partial charge on any atom is -0.394 e. The maximum atomic E-state index is 8.83. The average molecular weight is 143 g/mol. The summed E-state index contributed by atoms with van der Waals surface area (Å²) in [5.74, 6) is 0. The number of nitrogens with zero attached hydrogens (tertiary/aromatic N) is 1. The van der Waals surface area contributed by atoms with Crippen molar-refractivity contribution in [3.8, 4) is 0 Å². The summed E-state index contributed by atoms with van der Waals surface area (Å²) < 4.78 is 0. The van der Waals surface area contributed by atoms with Crippen LogP contribution in [0.25, 0.3) is 0 Å². The minimum absolute atomic E-state index is 0.115. The molecule has 0 aromatic carbocycles. The fraction of sp³-hybridized carbons (Fsp3) is 0.875. The molecule has 1 N–H and O–H groups in total. The average Bonchev–Trinajstić information content (AvgIpc) is 1.87. The second-order valence-electron chi connectivity index (χ2n) is 3.17. The van der Waals surface area contributed by atoms with Crippen molar-refractivity contribution in [1.82, 2.24) is 0 Å². The van der Waals surface area contributed by atoms with Crippen molar-refractivity contribution < 1.29 is 5.11 Å². The SMILES string of the molecule is CCC(C)=NC(C)(C)CO. The van der Waals surface area contributed by atoms with Gasteiger partial charge >= 0.3 is 0 Å². The maximum Gasteiger partial charge on any atom is 0.0781 e. The molecule has 0 saturated heterocycles. The Morgan fingerprint density at radius 1 is 1.50 bits per heavy atom. The van der Waals surface area contributed by atoms with E-state index in [1.54, 1.807) is 0 Å². The van der Waals surface area contributed by atoms with Gasteiger partial charge in [-0.25, -0.2) is 0 Å². The molecule has 0 amide bonds. The predicted molar refractivity (Wildman–Crippen MR) is 44.6 cm³/mol. The lowest BCUT2D eigenvalue weighted by Gasteiger charge is -2.16. The summed E-state index contributed by atoms with van der Waals surface area (Å²) in [6.45, 7) is 8.01. The maximum absolute atomic E-state index is 8.83. The highest BCUT2D eigenvalue weighted by molar-refractivity contribution is 5.81. The van der Waals surface area contributed by atoms with Gasteiger partial charge < -0.3 is 5.11 Å². The van der Waals surface area contributed by atoms with Crippen molar-refractivity contribution in [1.29, 1.82) is 0 Å². The van der Waals surface area contributed by atoms with Crippen molar-refractivity contribution in [3.05, 3.63) is 0 Å². The summed E-state index contributed by atoms with van der Waals surface area (Å²) in [6.07, 6.45) is 0.962. The topological polar surface area (TPSA) is 32.6 Å². The summed E-state index contributed by atoms with van der Waals surface area (Å²) in [5.41, 5.74) is 0.805. The van der Waals surface area contributed by atoms with Gasteiger partial charge in [0.05, 0.1) is 12.1 Å². The van der Waals surface area contributed by atoms with Crippen molar-refractivity contribution in [2.24, 2.45) is 4.99 Å². The summed E-state index contributed by atoms with van der Waals surface area (Å²) in [4.78, 5) is 4.31. The number of hydrogen-bond acceptors (Lipinski definition) is 2. The quantitative estimate of drug-likeness (QED) is 0.598. The third kappa shape index (κ3) is 3.62. The lowest BCUT2D eigenvalue weighted by atomic mass is 10.1. The third-order valence-electron chi connectivity index (χ3n) is 1.39.